The molecule has 0 atom stereocenters. The number of rotatable bonds is 8. The van der Waals surface area contributed by atoms with E-state index in [1.165, 1.54) is 11.1 Å². The number of nitrogens with zero attached hydrogens (tertiary/aromatic N) is 2. The summed E-state index contributed by atoms with van der Waals surface area (Å²) in [6.07, 6.45) is 5.95. The van der Waals surface area contributed by atoms with Crippen LogP contribution in [0.4, 0.5) is 0 Å². The minimum Gasteiger partial charge on any atom is -0.469 e. The Bertz CT molecular complexity index is 724. The summed E-state index contributed by atoms with van der Waals surface area (Å²) < 4.78 is 5.41. The van der Waals surface area contributed by atoms with Crippen molar-refractivity contribution in [1.82, 2.24) is 15.5 Å². The molecule has 2 N–H and O–H groups in total. The summed E-state index contributed by atoms with van der Waals surface area (Å²) in [5.41, 5.74) is 2.83. The third kappa shape index (κ3) is 8.01. The van der Waals surface area contributed by atoms with Gasteiger partial charge in [-0.1, -0.05) is 31.2 Å². The van der Waals surface area contributed by atoms with Crippen LogP contribution in [-0.4, -0.2) is 43.1 Å². The number of likely N-dealkylation sites (tertiary alicyclic amines) is 1. The Morgan fingerprint density at radius 1 is 1.17 bits per heavy atom. The van der Waals surface area contributed by atoms with Crippen LogP contribution < -0.4 is 10.6 Å². The Morgan fingerprint density at radius 2 is 1.97 bits per heavy atom. The van der Waals surface area contributed by atoms with E-state index in [1.807, 2.05) is 12.1 Å². The van der Waals surface area contributed by atoms with Crippen LogP contribution in [0.2, 0.25) is 0 Å². The minimum atomic E-state index is 0. The van der Waals surface area contributed by atoms with Gasteiger partial charge < -0.3 is 15.1 Å². The zero-order valence-corrected chi connectivity index (χ0v) is 20.0. The summed E-state index contributed by atoms with van der Waals surface area (Å²) in [6.45, 7) is 9.34. The Labute approximate surface area is 192 Å². The topological polar surface area (TPSA) is 52.8 Å². The molecule has 0 amide bonds. The Hall–Kier alpha value is -1.54. The van der Waals surface area contributed by atoms with E-state index < -0.39 is 0 Å². The van der Waals surface area contributed by atoms with Crippen LogP contribution in [0.1, 0.15) is 43.1 Å². The molecule has 5 nitrogen and oxygen atoms in total. The van der Waals surface area contributed by atoms with Crippen LogP contribution >= 0.6 is 24.0 Å². The predicted molar refractivity (Wildman–Crippen MR) is 131 cm³/mol. The van der Waals surface area contributed by atoms with E-state index in [2.05, 4.69) is 53.6 Å². The first-order valence-corrected chi connectivity index (χ1v) is 10.6. The third-order valence-electron chi connectivity index (χ3n) is 5.32. The lowest BCUT2D eigenvalue weighted by Crippen LogP contribution is -2.49. The van der Waals surface area contributed by atoms with E-state index in [0.29, 0.717) is 6.04 Å². The van der Waals surface area contributed by atoms with E-state index in [4.69, 9.17) is 9.41 Å². The summed E-state index contributed by atoms with van der Waals surface area (Å²) in [5, 5.41) is 7.11. The molecular weight excluding hydrogens is 475 g/mol. The van der Waals surface area contributed by atoms with Crippen LogP contribution in [0.15, 0.2) is 52.1 Å². The fourth-order valence-corrected chi connectivity index (χ4v) is 3.59. The van der Waals surface area contributed by atoms with Crippen molar-refractivity contribution >= 4 is 29.9 Å². The lowest BCUT2D eigenvalue weighted by Gasteiger charge is -2.33. The molecule has 1 saturated heterocycles. The van der Waals surface area contributed by atoms with Crippen molar-refractivity contribution in [2.75, 3.05) is 26.2 Å². The van der Waals surface area contributed by atoms with Crippen molar-refractivity contribution in [2.24, 2.45) is 4.99 Å². The molecule has 0 bridgehead atoms. The highest BCUT2D eigenvalue weighted by Gasteiger charge is 2.20. The lowest BCUT2D eigenvalue weighted by molar-refractivity contribution is 0.198. The van der Waals surface area contributed by atoms with Crippen LogP contribution in [0.3, 0.4) is 0 Å². The number of halogens is 1. The number of hydrogen-bond acceptors (Lipinski definition) is 3. The predicted octanol–water partition coefficient (Wildman–Crippen LogP) is 4.36. The van der Waals surface area contributed by atoms with E-state index in [1.54, 1.807) is 6.26 Å². The summed E-state index contributed by atoms with van der Waals surface area (Å²) in [4.78, 5) is 7.27. The van der Waals surface area contributed by atoms with E-state index in [0.717, 1.165) is 70.1 Å². The smallest absolute Gasteiger partial charge is 0.191 e. The average molecular weight is 510 g/mol. The van der Waals surface area contributed by atoms with Gasteiger partial charge in [0.15, 0.2) is 5.96 Å². The molecule has 29 heavy (non-hydrogen) atoms. The number of piperidine rings is 1. The van der Waals surface area contributed by atoms with Gasteiger partial charge >= 0.3 is 0 Å². The molecule has 0 aliphatic carbocycles. The van der Waals surface area contributed by atoms with Crippen molar-refractivity contribution in [1.29, 1.82) is 0 Å². The first-order valence-electron chi connectivity index (χ1n) is 10.6. The molecule has 1 aliphatic rings. The zero-order chi connectivity index (χ0) is 19.6. The van der Waals surface area contributed by atoms with E-state index in [-0.39, 0.29) is 24.0 Å². The highest BCUT2D eigenvalue weighted by Crippen LogP contribution is 2.16. The van der Waals surface area contributed by atoms with Crippen molar-refractivity contribution < 1.29 is 4.42 Å². The quantitative estimate of drug-likeness (QED) is 0.315. The van der Waals surface area contributed by atoms with Gasteiger partial charge in [0.1, 0.15) is 5.76 Å². The number of aliphatic imine (C=N–C) groups is 1. The van der Waals surface area contributed by atoms with Gasteiger partial charge in [-0.15, -0.1) is 24.0 Å². The summed E-state index contributed by atoms with van der Waals surface area (Å²) in [7, 11) is 0. The molecule has 2 heterocycles. The first-order chi connectivity index (χ1) is 13.7. The van der Waals surface area contributed by atoms with Crippen molar-refractivity contribution in [2.45, 2.75) is 52.1 Å². The molecule has 160 valence electrons. The number of furan rings is 1. The van der Waals surface area contributed by atoms with Gasteiger partial charge in [0, 0.05) is 45.2 Å². The van der Waals surface area contributed by atoms with Gasteiger partial charge in [-0.05, 0) is 49.4 Å². The molecule has 1 aliphatic heterocycles. The second-order valence-electron chi connectivity index (χ2n) is 7.61. The number of benzene rings is 1. The number of guanidine groups is 1. The Morgan fingerprint density at radius 3 is 2.66 bits per heavy atom. The highest BCUT2D eigenvalue weighted by atomic mass is 127. The van der Waals surface area contributed by atoms with Gasteiger partial charge in [0.25, 0.3) is 0 Å². The molecular formula is C23H35IN4O. The molecule has 0 saturated carbocycles. The molecule has 0 unspecified atom stereocenters. The molecule has 0 spiro atoms. The second-order valence-corrected chi connectivity index (χ2v) is 7.61. The van der Waals surface area contributed by atoms with Crippen molar-refractivity contribution in [3.63, 3.8) is 0 Å². The van der Waals surface area contributed by atoms with Gasteiger partial charge in [0.05, 0.1) is 6.26 Å². The highest BCUT2D eigenvalue weighted by molar-refractivity contribution is 14.0. The molecule has 1 aromatic carbocycles. The van der Waals surface area contributed by atoms with Crippen molar-refractivity contribution in [3.05, 3.63) is 59.5 Å². The minimum absolute atomic E-state index is 0. The van der Waals surface area contributed by atoms with Crippen molar-refractivity contribution in [3.8, 4) is 0 Å². The number of hydrogen-bond donors (Lipinski definition) is 2. The van der Waals surface area contributed by atoms with Crippen LogP contribution in [0.5, 0.6) is 0 Å². The maximum Gasteiger partial charge on any atom is 0.191 e. The second kappa shape index (κ2) is 12.9. The molecule has 0 radical (unpaired) electrons. The zero-order valence-electron chi connectivity index (χ0n) is 17.7. The van der Waals surface area contributed by atoms with Crippen LogP contribution in [-0.2, 0) is 13.0 Å². The molecule has 3 rings (SSSR count). The SMILES string of the molecule is CCCN=C(NCCc1ccco1)NC1CCN(Cc2ccccc2C)CC1.I. The van der Waals surface area contributed by atoms with Crippen LogP contribution in [0, 0.1) is 6.92 Å². The maximum absolute atomic E-state index is 5.41. The van der Waals surface area contributed by atoms with Gasteiger partial charge in [-0.2, -0.15) is 0 Å². The van der Waals surface area contributed by atoms with E-state index in [9.17, 15) is 0 Å². The Balaban J connectivity index is 0.00000300. The van der Waals surface area contributed by atoms with Gasteiger partial charge in [-0.25, -0.2) is 0 Å². The van der Waals surface area contributed by atoms with Gasteiger partial charge in [-0.3, -0.25) is 9.89 Å². The molecule has 6 heteroatoms. The summed E-state index contributed by atoms with van der Waals surface area (Å²) in [5.74, 6) is 1.94. The first kappa shape index (κ1) is 23.7. The van der Waals surface area contributed by atoms with Gasteiger partial charge in [0.2, 0.25) is 0 Å². The summed E-state index contributed by atoms with van der Waals surface area (Å²) in [6, 6.07) is 13.1. The fraction of sp³-hybridized carbons (Fsp3) is 0.522. The molecule has 1 fully saturated rings. The fourth-order valence-electron chi connectivity index (χ4n) is 3.59. The monoisotopic (exact) mass is 510 g/mol. The third-order valence-corrected chi connectivity index (χ3v) is 5.32. The van der Waals surface area contributed by atoms with Crippen LogP contribution in [0.25, 0.3) is 0 Å². The average Bonchev–Trinajstić information content (AvgIpc) is 3.22. The summed E-state index contributed by atoms with van der Waals surface area (Å²) >= 11 is 0. The largest absolute Gasteiger partial charge is 0.469 e. The lowest BCUT2D eigenvalue weighted by atomic mass is 10.0. The number of nitrogens with one attached hydrogen (secondary N) is 2. The van der Waals surface area contributed by atoms with E-state index >= 15 is 0 Å². The standard InChI is InChI=1S/C23H34N4O.HI/c1-3-13-24-23(25-14-10-22-9-6-17-28-22)26-21-11-15-27(16-12-21)18-20-8-5-4-7-19(20)2;/h4-9,17,21H,3,10-16,18H2,1-2H3,(H2,24,25,26);1H. The molecule has 1 aromatic heterocycles. The Kier molecular flexibility index (Phi) is 10.6. The molecule has 2 aromatic rings. The number of aryl methyl sites for hydroxylation is 1. The maximum atomic E-state index is 5.41. The normalized spacial score (nSPS) is 15.7.